The molecule has 0 saturated carbocycles. The fourth-order valence-electron chi connectivity index (χ4n) is 2.21. The minimum absolute atomic E-state index is 0.0849. The maximum Gasteiger partial charge on any atom is 0.143 e. The minimum Gasteiger partial charge on any atom is -0.271 e. The molecule has 3 N–H and O–H groups in total. The first-order valence-electron chi connectivity index (χ1n) is 5.79. The number of benzene rings is 1. The zero-order valence-electron chi connectivity index (χ0n) is 9.76. The smallest absolute Gasteiger partial charge is 0.143 e. The van der Waals surface area contributed by atoms with Crippen molar-refractivity contribution in [2.75, 3.05) is 11.5 Å². The summed E-state index contributed by atoms with van der Waals surface area (Å²) in [7, 11) is 0. The molecule has 2 rings (SSSR count). The lowest BCUT2D eigenvalue weighted by atomic mass is 9.93. The second-order valence-corrected chi connectivity index (χ2v) is 6.43. The largest absolute Gasteiger partial charge is 0.271 e. The van der Waals surface area contributed by atoms with Gasteiger partial charge in [-0.1, -0.05) is 0 Å². The summed E-state index contributed by atoms with van der Waals surface area (Å²) in [5, 5.41) is 0. The molecule has 0 aromatic heterocycles. The van der Waals surface area contributed by atoms with Crippen LogP contribution >= 0.6 is 27.7 Å². The van der Waals surface area contributed by atoms with Gasteiger partial charge in [0, 0.05) is 11.6 Å². The quantitative estimate of drug-likeness (QED) is 0.504. The van der Waals surface area contributed by atoms with Crippen LogP contribution in [0.5, 0.6) is 0 Å². The van der Waals surface area contributed by atoms with Crippen LogP contribution in [0.2, 0.25) is 0 Å². The summed E-state index contributed by atoms with van der Waals surface area (Å²) in [6.45, 7) is 0. The highest BCUT2D eigenvalue weighted by molar-refractivity contribution is 9.10. The molecule has 2 unspecified atom stereocenters. The van der Waals surface area contributed by atoms with Gasteiger partial charge >= 0.3 is 0 Å². The topological polar surface area (TPSA) is 38.0 Å². The summed E-state index contributed by atoms with van der Waals surface area (Å²) >= 11 is 4.93. The SMILES string of the molecule is NNC(Cc1c(F)ccc(Br)c1F)C1CCSC1. The zero-order valence-corrected chi connectivity index (χ0v) is 12.2. The second kappa shape index (κ2) is 6.32. The van der Waals surface area contributed by atoms with E-state index in [4.69, 9.17) is 5.84 Å². The average Bonchev–Trinajstić information content (AvgIpc) is 2.88. The molecule has 1 aromatic carbocycles. The molecule has 1 aromatic rings. The Kier molecular flexibility index (Phi) is 5.00. The van der Waals surface area contributed by atoms with Crippen LogP contribution in [-0.4, -0.2) is 17.5 Å². The van der Waals surface area contributed by atoms with Crippen LogP contribution in [0.1, 0.15) is 12.0 Å². The normalized spacial score (nSPS) is 21.2. The number of hydrazine groups is 1. The third-order valence-corrected chi connectivity index (χ3v) is 5.11. The minimum atomic E-state index is -0.527. The molecule has 1 saturated heterocycles. The van der Waals surface area contributed by atoms with Crippen molar-refractivity contribution in [1.29, 1.82) is 0 Å². The number of halogens is 3. The molecule has 0 bridgehead atoms. The van der Waals surface area contributed by atoms with Crippen molar-refractivity contribution in [3.63, 3.8) is 0 Å². The molecule has 0 spiro atoms. The van der Waals surface area contributed by atoms with Crippen LogP contribution in [0, 0.1) is 17.6 Å². The Morgan fingerprint density at radius 1 is 1.50 bits per heavy atom. The molecule has 1 aliphatic heterocycles. The Hall–Kier alpha value is -0.170. The van der Waals surface area contributed by atoms with Gasteiger partial charge in [-0.05, 0) is 58.3 Å². The second-order valence-electron chi connectivity index (χ2n) is 4.42. The van der Waals surface area contributed by atoms with Crippen molar-refractivity contribution in [2.24, 2.45) is 11.8 Å². The highest BCUT2D eigenvalue weighted by Gasteiger charge is 2.27. The van der Waals surface area contributed by atoms with E-state index in [2.05, 4.69) is 21.4 Å². The predicted octanol–water partition coefficient (Wildman–Crippen LogP) is 2.85. The van der Waals surface area contributed by atoms with Crippen molar-refractivity contribution in [2.45, 2.75) is 18.9 Å². The molecule has 1 heterocycles. The molecule has 0 amide bonds. The van der Waals surface area contributed by atoms with E-state index in [1.165, 1.54) is 12.1 Å². The molecule has 1 aliphatic rings. The third-order valence-electron chi connectivity index (χ3n) is 3.31. The maximum absolute atomic E-state index is 13.9. The van der Waals surface area contributed by atoms with Crippen LogP contribution in [0.25, 0.3) is 0 Å². The van der Waals surface area contributed by atoms with E-state index < -0.39 is 11.6 Å². The number of rotatable bonds is 4. The molecule has 2 atom stereocenters. The summed E-state index contributed by atoms with van der Waals surface area (Å²) < 4.78 is 27.9. The first kappa shape index (κ1) is 14.2. The lowest BCUT2D eigenvalue weighted by Crippen LogP contribution is -2.43. The Morgan fingerprint density at radius 3 is 2.89 bits per heavy atom. The highest BCUT2D eigenvalue weighted by atomic mass is 79.9. The summed E-state index contributed by atoms with van der Waals surface area (Å²) in [4.78, 5) is 0. The van der Waals surface area contributed by atoms with Gasteiger partial charge in [-0.25, -0.2) is 8.78 Å². The molecule has 2 nitrogen and oxygen atoms in total. The summed E-state index contributed by atoms with van der Waals surface area (Å²) in [5.41, 5.74) is 2.81. The van der Waals surface area contributed by atoms with Gasteiger partial charge in [0.15, 0.2) is 0 Å². The van der Waals surface area contributed by atoms with E-state index in [0.29, 0.717) is 5.92 Å². The van der Waals surface area contributed by atoms with Crippen LogP contribution in [0.15, 0.2) is 16.6 Å². The van der Waals surface area contributed by atoms with Gasteiger partial charge in [-0.2, -0.15) is 11.8 Å². The Bertz CT molecular complexity index is 425. The van der Waals surface area contributed by atoms with Crippen molar-refractivity contribution in [3.8, 4) is 0 Å². The maximum atomic E-state index is 13.9. The molecule has 100 valence electrons. The van der Waals surface area contributed by atoms with Crippen molar-refractivity contribution in [3.05, 3.63) is 33.8 Å². The summed E-state index contributed by atoms with van der Waals surface area (Å²) in [5.74, 6) is 6.94. The van der Waals surface area contributed by atoms with Gasteiger partial charge in [0.25, 0.3) is 0 Å². The van der Waals surface area contributed by atoms with E-state index in [9.17, 15) is 8.78 Å². The van der Waals surface area contributed by atoms with Gasteiger partial charge < -0.3 is 0 Å². The molecule has 0 radical (unpaired) electrons. The number of nitrogens with two attached hydrogens (primary N) is 1. The standard InChI is InChI=1S/C12H15BrF2N2S/c13-9-1-2-10(14)8(12(9)15)5-11(17-16)7-3-4-18-6-7/h1-2,7,11,17H,3-6,16H2. The van der Waals surface area contributed by atoms with Gasteiger partial charge in [0.2, 0.25) is 0 Å². The fraction of sp³-hybridized carbons (Fsp3) is 0.500. The first-order chi connectivity index (χ1) is 8.63. The van der Waals surface area contributed by atoms with Crippen LogP contribution in [0.4, 0.5) is 8.78 Å². The summed E-state index contributed by atoms with van der Waals surface area (Å²) in [6, 6.07) is 2.57. The molecule has 18 heavy (non-hydrogen) atoms. The van der Waals surface area contributed by atoms with E-state index in [1.54, 1.807) is 0 Å². The van der Waals surface area contributed by atoms with Crippen molar-refractivity contribution >= 4 is 27.7 Å². The molecular weight excluding hydrogens is 322 g/mol. The fourth-order valence-corrected chi connectivity index (χ4v) is 3.92. The first-order valence-corrected chi connectivity index (χ1v) is 7.74. The van der Waals surface area contributed by atoms with Gasteiger partial charge in [-0.15, -0.1) is 0 Å². The van der Waals surface area contributed by atoms with Crippen LogP contribution < -0.4 is 11.3 Å². The lowest BCUT2D eigenvalue weighted by molar-refractivity contribution is 0.376. The van der Waals surface area contributed by atoms with E-state index in [-0.39, 0.29) is 22.5 Å². The number of hydrogen-bond acceptors (Lipinski definition) is 3. The van der Waals surface area contributed by atoms with Crippen LogP contribution in [-0.2, 0) is 6.42 Å². The molecule has 0 aliphatic carbocycles. The van der Waals surface area contributed by atoms with E-state index in [0.717, 1.165) is 17.9 Å². The number of thioether (sulfide) groups is 1. The number of hydrogen-bond donors (Lipinski definition) is 2. The van der Waals surface area contributed by atoms with Crippen molar-refractivity contribution < 1.29 is 8.78 Å². The van der Waals surface area contributed by atoms with E-state index >= 15 is 0 Å². The highest BCUT2D eigenvalue weighted by Crippen LogP contribution is 2.29. The predicted molar refractivity (Wildman–Crippen MR) is 74.3 cm³/mol. The lowest BCUT2D eigenvalue weighted by Gasteiger charge is -2.22. The average molecular weight is 337 g/mol. The molecular formula is C12H15BrF2N2S. The van der Waals surface area contributed by atoms with Gasteiger partial charge in [-0.3, -0.25) is 11.3 Å². The molecule has 6 heteroatoms. The van der Waals surface area contributed by atoms with Gasteiger partial charge in [0.1, 0.15) is 11.6 Å². The van der Waals surface area contributed by atoms with Crippen LogP contribution in [0.3, 0.4) is 0 Å². The van der Waals surface area contributed by atoms with E-state index in [1.807, 2.05) is 11.8 Å². The third kappa shape index (κ3) is 3.04. The van der Waals surface area contributed by atoms with Gasteiger partial charge in [0.05, 0.1) is 4.47 Å². The number of nitrogens with one attached hydrogen (secondary N) is 1. The Labute approximate surface area is 118 Å². The Balaban J connectivity index is 2.18. The van der Waals surface area contributed by atoms with Crippen molar-refractivity contribution in [1.82, 2.24) is 5.43 Å². The monoisotopic (exact) mass is 336 g/mol. The zero-order chi connectivity index (χ0) is 13.1. The Morgan fingerprint density at radius 2 is 2.28 bits per heavy atom. The molecule has 1 fully saturated rings. The summed E-state index contributed by atoms with van der Waals surface area (Å²) in [6.07, 6.45) is 1.32.